The van der Waals surface area contributed by atoms with Gasteiger partial charge in [-0.15, -0.1) is 0 Å². The third-order valence-corrected chi connectivity index (χ3v) is 4.66. The molecule has 5 heteroatoms. The zero-order valence-corrected chi connectivity index (χ0v) is 12.1. The molecule has 0 aliphatic heterocycles. The van der Waals surface area contributed by atoms with Gasteiger partial charge in [0.05, 0.1) is 0 Å². The summed E-state index contributed by atoms with van der Waals surface area (Å²) in [7, 11) is 0. The highest BCUT2D eigenvalue weighted by molar-refractivity contribution is 5.86. The zero-order chi connectivity index (χ0) is 14.4. The van der Waals surface area contributed by atoms with Crippen molar-refractivity contribution in [1.82, 2.24) is 10.6 Å². The number of nitrogens with one attached hydrogen (secondary N) is 2. The van der Waals surface area contributed by atoms with Crippen LogP contribution in [0.25, 0.3) is 0 Å². The van der Waals surface area contributed by atoms with E-state index in [1.165, 1.54) is 6.42 Å². The van der Waals surface area contributed by atoms with E-state index in [-0.39, 0.29) is 12.1 Å². The van der Waals surface area contributed by atoms with E-state index >= 15 is 0 Å². The summed E-state index contributed by atoms with van der Waals surface area (Å²) in [6.07, 6.45) is 10.5. The quantitative estimate of drug-likeness (QED) is 0.696. The maximum Gasteiger partial charge on any atom is 0.329 e. The van der Waals surface area contributed by atoms with E-state index in [1.54, 1.807) is 0 Å². The minimum absolute atomic E-state index is 0.209. The number of carbonyl (C=O) groups is 2. The standard InChI is InChI=1S/C15H26N2O3/c18-13(19)15(10-6-1-2-7-11-15)17-14(20)16-12-8-4-3-5-9-12/h12H,1-11H2,(H,18,19)(H2,16,17,20). The van der Waals surface area contributed by atoms with Gasteiger partial charge in [-0.05, 0) is 25.7 Å². The van der Waals surface area contributed by atoms with Crippen molar-refractivity contribution >= 4 is 12.0 Å². The van der Waals surface area contributed by atoms with Crippen molar-refractivity contribution in [2.75, 3.05) is 0 Å². The van der Waals surface area contributed by atoms with Crippen LogP contribution in [0, 0.1) is 0 Å². The first-order chi connectivity index (χ1) is 9.62. The summed E-state index contributed by atoms with van der Waals surface area (Å²) in [5.74, 6) is -0.891. The van der Waals surface area contributed by atoms with Crippen LogP contribution in [0.1, 0.15) is 70.6 Å². The number of hydrogen-bond donors (Lipinski definition) is 3. The second-order valence-corrected chi connectivity index (χ2v) is 6.23. The first-order valence-electron chi connectivity index (χ1n) is 7.94. The molecule has 2 aliphatic rings. The number of amides is 2. The van der Waals surface area contributed by atoms with Crippen molar-refractivity contribution < 1.29 is 14.7 Å². The first kappa shape index (κ1) is 15.1. The van der Waals surface area contributed by atoms with E-state index < -0.39 is 11.5 Å². The number of rotatable bonds is 3. The lowest BCUT2D eigenvalue weighted by atomic mass is 9.90. The maximum absolute atomic E-state index is 12.1. The third-order valence-electron chi connectivity index (χ3n) is 4.66. The van der Waals surface area contributed by atoms with Gasteiger partial charge in [0.25, 0.3) is 0 Å². The van der Waals surface area contributed by atoms with E-state index in [9.17, 15) is 14.7 Å². The average Bonchev–Trinajstić information content (AvgIpc) is 2.66. The van der Waals surface area contributed by atoms with Crippen LogP contribution in [0.4, 0.5) is 4.79 Å². The molecule has 2 saturated carbocycles. The average molecular weight is 282 g/mol. The Morgan fingerprint density at radius 2 is 1.45 bits per heavy atom. The summed E-state index contributed by atoms with van der Waals surface area (Å²) in [4.78, 5) is 23.7. The number of carboxylic acid groups (broad SMARTS) is 1. The Labute approximate surface area is 120 Å². The van der Waals surface area contributed by atoms with Crippen molar-refractivity contribution in [2.24, 2.45) is 0 Å². The van der Waals surface area contributed by atoms with Crippen LogP contribution >= 0.6 is 0 Å². The minimum atomic E-state index is -1.06. The van der Waals surface area contributed by atoms with Crippen molar-refractivity contribution in [2.45, 2.75) is 82.2 Å². The number of carbonyl (C=O) groups excluding carboxylic acids is 1. The van der Waals surface area contributed by atoms with Crippen LogP contribution in [0.2, 0.25) is 0 Å². The lowest BCUT2D eigenvalue weighted by Gasteiger charge is -2.31. The van der Waals surface area contributed by atoms with Crippen molar-refractivity contribution in [3.05, 3.63) is 0 Å². The fourth-order valence-corrected chi connectivity index (χ4v) is 3.41. The molecule has 0 spiro atoms. The molecule has 5 nitrogen and oxygen atoms in total. The second kappa shape index (κ2) is 6.95. The molecule has 0 aromatic heterocycles. The molecule has 0 radical (unpaired) electrons. The molecule has 2 fully saturated rings. The number of aliphatic carboxylic acids is 1. The van der Waals surface area contributed by atoms with Crippen molar-refractivity contribution in [3.63, 3.8) is 0 Å². The maximum atomic E-state index is 12.1. The van der Waals surface area contributed by atoms with Crippen LogP contribution in [-0.2, 0) is 4.79 Å². The summed E-state index contributed by atoms with van der Waals surface area (Å²) in [6.45, 7) is 0. The molecule has 114 valence electrons. The molecular weight excluding hydrogens is 256 g/mol. The molecule has 3 N–H and O–H groups in total. The lowest BCUT2D eigenvalue weighted by molar-refractivity contribution is -0.145. The molecule has 0 aromatic carbocycles. The molecule has 20 heavy (non-hydrogen) atoms. The molecule has 0 aromatic rings. The van der Waals surface area contributed by atoms with Gasteiger partial charge in [-0.2, -0.15) is 0 Å². The number of hydrogen-bond acceptors (Lipinski definition) is 2. The molecule has 2 rings (SSSR count). The van der Waals surface area contributed by atoms with Crippen molar-refractivity contribution in [3.8, 4) is 0 Å². The van der Waals surface area contributed by atoms with E-state index in [1.807, 2.05) is 0 Å². The molecule has 2 aliphatic carbocycles. The Morgan fingerprint density at radius 1 is 0.900 bits per heavy atom. The molecule has 2 amide bonds. The molecule has 0 atom stereocenters. The Morgan fingerprint density at radius 3 is 2.00 bits per heavy atom. The fraction of sp³-hybridized carbons (Fsp3) is 0.867. The van der Waals surface area contributed by atoms with E-state index in [0.29, 0.717) is 12.8 Å². The number of urea groups is 1. The van der Waals surface area contributed by atoms with Crippen LogP contribution in [0.3, 0.4) is 0 Å². The lowest BCUT2D eigenvalue weighted by Crippen LogP contribution is -2.58. The van der Waals surface area contributed by atoms with Crippen LogP contribution in [0.5, 0.6) is 0 Å². The summed E-state index contributed by atoms with van der Waals surface area (Å²) in [6, 6.07) is -0.0958. The van der Waals surface area contributed by atoms with Gasteiger partial charge in [-0.1, -0.05) is 44.9 Å². The van der Waals surface area contributed by atoms with Crippen LogP contribution < -0.4 is 10.6 Å². The Kier molecular flexibility index (Phi) is 5.26. The SMILES string of the molecule is O=C(NC1CCCCC1)NC1(C(=O)O)CCCCCC1. The molecule has 0 saturated heterocycles. The van der Waals surface area contributed by atoms with Gasteiger partial charge in [0.15, 0.2) is 0 Å². The monoisotopic (exact) mass is 282 g/mol. The fourth-order valence-electron chi connectivity index (χ4n) is 3.41. The minimum Gasteiger partial charge on any atom is -0.480 e. The zero-order valence-electron chi connectivity index (χ0n) is 12.1. The Bertz CT molecular complexity index is 343. The van der Waals surface area contributed by atoms with Gasteiger partial charge in [-0.25, -0.2) is 9.59 Å². The molecule has 0 bridgehead atoms. The van der Waals surface area contributed by atoms with Crippen LogP contribution in [0.15, 0.2) is 0 Å². The van der Waals surface area contributed by atoms with Gasteiger partial charge in [-0.3, -0.25) is 0 Å². The largest absolute Gasteiger partial charge is 0.480 e. The third kappa shape index (κ3) is 3.87. The topological polar surface area (TPSA) is 78.4 Å². The highest BCUT2D eigenvalue weighted by atomic mass is 16.4. The van der Waals surface area contributed by atoms with Gasteiger partial charge in [0.2, 0.25) is 0 Å². The smallest absolute Gasteiger partial charge is 0.329 e. The summed E-state index contributed by atoms with van der Waals surface area (Å²) in [5.41, 5.74) is -1.06. The van der Waals surface area contributed by atoms with Gasteiger partial charge < -0.3 is 15.7 Å². The summed E-state index contributed by atoms with van der Waals surface area (Å²) >= 11 is 0. The Hall–Kier alpha value is -1.26. The highest BCUT2D eigenvalue weighted by Gasteiger charge is 2.40. The first-order valence-corrected chi connectivity index (χ1v) is 7.94. The van der Waals surface area contributed by atoms with E-state index in [4.69, 9.17) is 0 Å². The van der Waals surface area contributed by atoms with E-state index in [2.05, 4.69) is 10.6 Å². The molecule has 0 heterocycles. The molecular formula is C15H26N2O3. The number of carboxylic acids is 1. The summed E-state index contributed by atoms with van der Waals surface area (Å²) in [5, 5.41) is 15.2. The van der Waals surface area contributed by atoms with E-state index in [0.717, 1.165) is 51.4 Å². The Balaban J connectivity index is 1.92. The van der Waals surface area contributed by atoms with Gasteiger partial charge >= 0.3 is 12.0 Å². The second-order valence-electron chi connectivity index (χ2n) is 6.23. The van der Waals surface area contributed by atoms with Gasteiger partial charge in [0, 0.05) is 6.04 Å². The molecule has 0 unspecified atom stereocenters. The van der Waals surface area contributed by atoms with Gasteiger partial charge in [0.1, 0.15) is 5.54 Å². The summed E-state index contributed by atoms with van der Waals surface area (Å²) < 4.78 is 0. The predicted octanol–water partition coefficient (Wildman–Crippen LogP) is 2.80. The van der Waals surface area contributed by atoms with Crippen molar-refractivity contribution in [1.29, 1.82) is 0 Å². The highest BCUT2D eigenvalue weighted by Crippen LogP contribution is 2.27. The predicted molar refractivity (Wildman–Crippen MR) is 76.6 cm³/mol. The van der Waals surface area contributed by atoms with Crippen LogP contribution in [-0.4, -0.2) is 28.7 Å². The normalized spacial score (nSPS) is 23.6.